The minimum atomic E-state index is -5.44. The second-order valence-electron chi connectivity index (χ2n) is 12.0. The number of aromatic nitrogens is 4. The Balaban J connectivity index is 1.30. The Morgan fingerprint density at radius 3 is 2.17 bits per heavy atom. The Morgan fingerprint density at radius 2 is 1.48 bits per heavy atom. The molecule has 0 spiro atoms. The molecule has 5 N–H and O–H groups in total. The third-order valence-electron chi connectivity index (χ3n) is 8.20. The van der Waals surface area contributed by atoms with E-state index in [4.69, 9.17) is 9.26 Å². The van der Waals surface area contributed by atoms with Crippen LogP contribution in [0.5, 0.6) is 0 Å². The zero-order valence-corrected chi connectivity index (χ0v) is 31.9. The van der Waals surface area contributed by atoms with Gasteiger partial charge < -0.3 is 30.5 Å². The molecule has 4 rings (SSSR count). The number of aliphatic hydroxyl groups excluding tert-OH is 2. The van der Waals surface area contributed by atoms with E-state index in [-0.39, 0.29) is 5.65 Å². The fraction of sp³-hybridized carbons (Fsp3) is 0.815. The second-order valence-corrected chi connectivity index (χ2v) is 16.7. The molecule has 0 aromatic carbocycles. The van der Waals surface area contributed by atoms with Crippen LogP contribution in [0.3, 0.4) is 0 Å². The maximum atomic E-state index is 13.2. The average molecular weight is 807 g/mol. The highest BCUT2D eigenvalue weighted by molar-refractivity contribution is 7.67. The molecule has 7 unspecified atom stereocenters. The van der Waals surface area contributed by atoms with Crippen molar-refractivity contribution in [2.75, 3.05) is 46.3 Å². The van der Waals surface area contributed by atoms with Crippen LogP contribution in [0.4, 0.5) is 5.82 Å². The predicted octanol–water partition coefficient (Wildman–Crippen LogP) is 4.22. The van der Waals surface area contributed by atoms with Gasteiger partial charge in [0.05, 0.1) is 34.3 Å². The molecule has 3 heterocycles. The van der Waals surface area contributed by atoms with Crippen molar-refractivity contribution in [3.05, 3.63) is 12.7 Å². The van der Waals surface area contributed by atoms with Gasteiger partial charge in [0.2, 0.25) is 0 Å². The molecule has 0 amide bonds. The first-order valence-electron chi connectivity index (χ1n) is 16.9. The maximum Gasteiger partial charge on any atom is 0.520 e. The monoisotopic (exact) mass is 806 g/mol. The van der Waals surface area contributed by atoms with Crippen LogP contribution in [0.25, 0.3) is 11.2 Å². The first kappa shape index (κ1) is 43.2. The lowest BCUT2D eigenvalue weighted by atomic mass is 9.96. The van der Waals surface area contributed by atoms with Gasteiger partial charge in [-0.05, 0) is 32.2 Å². The number of aliphatic hydroxyl groups is 2. The van der Waals surface area contributed by atoms with E-state index in [0.29, 0.717) is 23.9 Å². The van der Waals surface area contributed by atoms with Gasteiger partial charge >= 0.3 is 23.5 Å². The van der Waals surface area contributed by atoms with E-state index in [0.717, 1.165) is 53.6 Å². The van der Waals surface area contributed by atoms with Crippen LogP contribution < -0.4 is 10.6 Å². The number of rotatable bonds is 23. The number of nitrogens with zero attached hydrogens (tertiary/aromatic N) is 4. The summed E-state index contributed by atoms with van der Waals surface area (Å²) in [6, 6.07) is 0.646. The Morgan fingerprint density at radius 1 is 0.827 bits per heavy atom. The summed E-state index contributed by atoms with van der Waals surface area (Å²) < 4.78 is 71.8. The summed E-state index contributed by atoms with van der Waals surface area (Å²) in [6.45, 7) is 0.843. The molecule has 25 heteroatoms. The molecule has 52 heavy (non-hydrogen) atoms. The average Bonchev–Trinajstić information content (AvgIpc) is 3.62. The zero-order valence-electron chi connectivity index (χ0n) is 29.2. The minimum absolute atomic E-state index is 0.286. The highest BCUT2D eigenvalue weighted by atomic mass is 31.3. The molecule has 298 valence electrons. The fourth-order valence-corrected chi connectivity index (χ4v) is 9.77. The summed E-state index contributed by atoms with van der Waals surface area (Å²) in [4.78, 5) is 35.1. The van der Waals surface area contributed by atoms with Crippen molar-refractivity contribution in [1.29, 1.82) is 0 Å². The number of imidazole rings is 1. The van der Waals surface area contributed by atoms with Gasteiger partial charge in [0.15, 0.2) is 23.2 Å². The summed E-state index contributed by atoms with van der Waals surface area (Å²) in [5.41, 5.74) is 0.684. The number of phosphoric acid groups is 3. The van der Waals surface area contributed by atoms with Crippen molar-refractivity contribution in [2.45, 2.75) is 101 Å². The highest BCUT2D eigenvalue weighted by Gasteiger charge is 2.50. The van der Waals surface area contributed by atoms with E-state index in [1.54, 1.807) is 0 Å². The highest BCUT2D eigenvalue weighted by Crippen LogP contribution is 2.72. The van der Waals surface area contributed by atoms with E-state index in [2.05, 4.69) is 62.9 Å². The lowest BCUT2D eigenvalue weighted by molar-refractivity contribution is -0.215. The molecular formula is C27H49N6O16P3. The lowest BCUT2D eigenvalue weighted by Gasteiger charge is -2.22. The Labute approximate surface area is 300 Å². The summed E-state index contributed by atoms with van der Waals surface area (Å²) in [5, 5.41) is 28.6. The SMILES string of the molecule is COOP(=O)(O)OP(=O)(OOC)OP(=O)(OCC1OC(n2cnc3c(NCCCCCCNC4CCCCCCC4)ncnc32)C(O)C1O)OOC. The molecule has 1 aliphatic heterocycles. The van der Waals surface area contributed by atoms with Crippen LogP contribution in [0, 0.1) is 0 Å². The number of nitrogens with one attached hydrogen (secondary N) is 2. The molecule has 0 bridgehead atoms. The van der Waals surface area contributed by atoms with Gasteiger partial charge in [-0.15, -0.1) is 14.0 Å². The van der Waals surface area contributed by atoms with Crippen LogP contribution in [-0.2, 0) is 60.3 Å². The molecule has 2 aromatic heterocycles. The third kappa shape index (κ3) is 12.8. The maximum absolute atomic E-state index is 13.2. The number of hydrogen-bond acceptors (Lipinski definition) is 20. The Bertz CT molecular complexity index is 1520. The van der Waals surface area contributed by atoms with Crippen LogP contribution in [0.15, 0.2) is 12.7 Å². The predicted molar refractivity (Wildman–Crippen MR) is 180 cm³/mol. The number of ether oxygens (including phenoxy) is 1. The molecule has 7 atom stereocenters. The van der Waals surface area contributed by atoms with Crippen LogP contribution >= 0.6 is 23.5 Å². The third-order valence-corrected chi connectivity index (χ3v) is 12.9. The van der Waals surface area contributed by atoms with Gasteiger partial charge in [0, 0.05) is 12.6 Å². The standard InChI is InChI=1S/C27H49N6O16P3/c1-40-45-50(36,37)48-52(39,47-42-3)49-51(38,46-41-2)43-17-21-23(34)24(35)27(44-21)33-19-32-22-25(30-18-31-26(22)33)29-16-12-8-7-11-15-28-20-13-9-5-4-6-10-14-20/h18-21,23-24,27-28,34-35H,4-17H2,1-3H3,(H,36,37)(H,29,30,31). The topological polar surface area (TPSA) is 272 Å². The quantitative estimate of drug-likeness (QED) is 0.0455. The lowest BCUT2D eigenvalue weighted by Crippen LogP contribution is -2.33. The Kier molecular flexibility index (Phi) is 17.4. The van der Waals surface area contributed by atoms with Gasteiger partial charge in [0.1, 0.15) is 24.6 Å². The molecule has 0 radical (unpaired) electrons. The van der Waals surface area contributed by atoms with Crippen molar-refractivity contribution in [3.8, 4) is 0 Å². The van der Waals surface area contributed by atoms with Gasteiger partial charge in [-0.1, -0.05) is 44.9 Å². The van der Waals surface area contributed by atoms with Crippen LogP contribution in [-0.4, -0.2) is 100 Å². The van der Waals surface area contributed by atoms with E-state index in [1.165, 1.54) is 62.2 Å². The molecular weight excluding hydrogens is 757 g/mol. The van der Waals surface area contributed by atoms with Gasteiger partial charge in [-0.2, -0.15) is 8.62 Å². The van der Waals surface area contributed by atoms with Crippen molar-refractivity contribution >= 4 is 40.4 Å². The van der Waals surface area contributed by atoms with E-state index >= 15 is 0 Å². The Hall–Kier alpha value is -1.52. The van der Waals surface area contributed by atoms with Crippen molar-refractivity contribution in [1.82, 2.24) is 24.8 Å². The summed E-state index contributed by atoms with van der Waals surface area (Å²) in [7, 11) is -13.4. The number of anilines is 1. The van der Waals surface area contributed by atoms with Gasteiger partial charge in [0.25, 0.3) is 0 Å². The number of hydrogen-bond donors (Lipinski definition) is 5. The largest absolute Gasteiger partial charge is 0.520 e. The minimum Gasteiger partial charge on any atom is -0.387 e. The van der Waals surface area contributed by atoms with Crippen LogP contribution in [0.2, 0.25) is 0 Å². The van der Waals surface area contributed by atoms with Crippen molar-refractivity contribution < 1.29 is 75.4 Å². The molecule has 1 aliphatic carbocycles. The molecule has 1 saturated carbocycles. The van der Waals surface area contributed by atoms with E-state index < -0.39 is 54.6 Å². The van der Waals surface area contributed by atoms with E-state index in [9.17, 15) is 28.8 Å². The molecule has 2 aliphatic rings. The smallest absolute Gasteiger partial charge is 0.387 e. The fourth-order valence-electron chi connectivity index (χ4n) is 5.85. The first-order chi connectivity index (χ1) is 24.9. The molecule has 2 fully saturated rings. The molecule has 22 nitrogen and oxygen atoms in total. The first-order valence-corrected chi connectivity index (χ1v) is 21.3. The van der Waals surface area contributed by atoms with Gasteiger partial charge in [-0.25, -0.2) is 43.3 Å². The summed E-state index contributed by atoms with van der Waals surface area (Å²) >= 11 is 0. The van der Waals surface area contributed by atoms with Crippen molar-refractivity contribution in [3.63, 3.8) is 0 Å². The number of fused-ring (bicyclic) bond motifs is 1. The normalized spacial score (nSPS) is 25.3. The summed E-state index contributed by atoms with van der Waals surface area (Å²) in [5.74, 6) is 0.477. The van der Waals surface area contributed by atoms with Crippen molar-refractivity contribution in [2.24, 2.45) is 0 Å². The molecule has 2 aromatic rings. The summed E-state index contributed by atoms with van der Waals surface area (Å²) in [6.07, 6.45) is 10.2. The second kappa shape index (κ2) is 21.0. The van der Waals surface area contributed by atoms with E-state index in [1.807, 2.05) is 0 Å². The molecule has 1 saturated heterocycles. The number of unbranched alkanes of at least 4 members (excludes halogenated alkanes) is 3. The van der Waals surface area contributed by atoms with Gasteiger partial charge in [-0.3, -0.25) is 9.09 Å². The zero-order chi connectivity index (χ0) is 37.6. The van der Waals surface area contributed by atoms with Crippen LogP contribution in [0.1, 0.15) is 76.9 Å².